The molecular weight excluding hydrogens is 400 g/mol. The SMILES string of the molecule is C[Si](C)(C)CCC[Si](CCCCl)(CCC[Si](C)(C)C)CCC[Si](C)(C)C. The summed E-state index contributed by atoms with van der Waals surface area (Å²) >= 11 is 6.17. The van der Waals surface area contributed by atoms with Crippen molar-refractivity contribution in [1.82, 2.24) is 0 Å². The van der Waals surface area contributed by atoms with E-state index in [1.807, 2.05) is 0 Å². The van der Waals surface area contributed by atoms with Crippen molar-refractivity contribution >= 4 is 43.9 Å². The van der Waals surface area contributed by atoms with Crippen molar-refractivity contribution in [1.29, 1.82) is 0 Å². The fraction of sp³-hybridized carbons (Fsp3) is 1.00. The molecule has 0 fully saturated rings. The van der Waals surface area contributed by atoms with Gasteiger partial charge in [0.25, 0.3) is 0 Å². The lowest BCUT2D eigenvalue weighted by molar-refractivity contribution is 0.868. The Hall–Kier alpha value is 1.16. The van der Waals surface area contributed by atoms with E-state index in [-0.39, 0.29) is 0 Å². The zero-order valence-electron chi connectivity index (χ0n) is 19.9. The van der Waals surface area contributed by atoms with Crippen LogP contribution in [0.4, 0.5) is 0 Å². The second-order valence-corrected chi connectivity index (χ2v) is 34.8. The molecule has 0 rings (SSSR count). The summed E-state index contributed by atoms with van der Waals surface area (Å²) in [6.45, 7) is 22.9. The number of alkyl halides is 1. The van der Waals surface area contributed by atoms with Crippen molar-refractivity contribution in [3.8, 4) is 0 Å². The molecule has 0 aromatic heterocycles. The van der Waals surface area contributed by atoms with Gasteiger partial charge in [0.1, 0.15) is 0 Å². The molecule has 0 amide bonds. The Balaban J connectivity index is 5.01. The van der Waals surface area contributed by atoms with Gasteiger partial charge in [-0.1, -0.05) is 120 Å². The van der Waals surface area contributed by atoms with Crippen LogP contribution in [0.2, 0.25) is 101 Å². The summed E-state index contributed by atoms with van der Waals surface area (Å²) in [5, 5.41) is 0. The molecule has 0 N–H and O–H groups in total. The van der Waals surface area contributed by atoms with Crippen LogP contribution in [0.5, 0.6) is 0 Å². The normalized spacial score (nSPS) is 14.1. The van der Waals surface area contributed by atoms with Crippen LogP contribution in [-0.2, 0) is 0 Å². The van der Waals surface area contributed by atoms with E-state index in [1.165, 1.54) is 49.9 Å². The predicted molar refractivity (Wildman–Crippen MR) is 139 cm³/mol. The minimum atomic E-state index is -1.13. The van der Waals surface area contributed by atoms with Gasteiger partial charge in [-0.3, -0.25) is 0 Å². The maximum atomic E-state index is 6.17. The molecule has 0 nitrogen and oxygen atoms in total. The van der Waals surface area contributed by atoms with E-state index in [9.17, 15) is 0 Å². The zero-order valence-corrected chi connectivity index (χ0v) is 24.6. The fourth-order valence-corrected chi connectivity index (χ4v) is 14.5. The fourth-order valence-electron chi connectivity index (χ4n) is 4.17. The van der Waals surface area contributed by atoms with E-state index >= 15 is 0 Å². The molecule has 0 aliphatic rings. The van der Waals surface area contributed by atoms with Gasteiger partial charge in [0.2, 0.25) is 0 Å². The van der Waals surface area contributed by atoms with Crippen LogP contribution in [0.15, 0.2) is 0 Å². The predicted octanol–water partition coefficient (Wildman–Crippen LogP) is 9.25. The van der Waals surface area contributed by atoms with Gasteiger partial charge in [-0.2, -0.15) is 0 Å². The van der Waals surface area contributed by atoms with Crippen molar-refractivity contribution in [2.75, 3.05) is 5.88 Å². The molecular formula is C21H51ClSi4. The third-order valence-corrected chi connectivity index (χ3v) is 17.2. The highest BCUT2D eigenvalue weighted by Gasteiger charge is 2.32. The largest absolute Gasteiger partial charge is 0.127 e. The lowest BCUT2D eigenvalue weighted by Gasteiger charge is -2.35. The Labute approximate surface area is 176 Å². The van der Waals surface area contributed by atoms with Crippen LogP contribution in [0.25, 0.3) is 0 Å². The van der Waals surface area contributed by atoms with E-state index in [0.717, 1.165) is 5.88 Å². The lowest BCUT2D eigenvalue weighted by atomic mass is 10.5. The molecule has 5 heteroatoms. The summed E-state index contributed by atoms with van der Waals surface area (Å²) < 4.78 is 0. The maximum absolute atomic E-state index is 6.17. The van der Waals surface area contributed by atoms with Gasteiger partial charge >= 0.3 is 0 Å². The highest BCUT2D eigenvalue weighted by atomic mass is 35.5. The first-order chi connectivity index (χ1) is 11.7. The topological polar surface area (TPSA) is 0 Å². The standard InChI is InChI=1S/C21H51ClSi4/c1-23(2,3)15-11-19-26(18-10-14-22,20-12-16-24(4,5)6)21-13-17-25(7,8)9/h10-21H2,1-9H3. The summed E-state index contributed by atoms with van der Waals surface area (Å²) in [5.74, 6) is 0.880. The summed E-state index contributed by atoms with van der Waals surface area (Å²) in [4.78, 5) is 0. The van der Waals surface area contributed by atoms with Gasteiger partial charge in [-0.15, -0.1) is 11.6 Å². The van der Waals surface area contributed by atoms with Crippen LogP contribution in [0, 0.1) is 0 Å². The van der Waals surface area contributed by atoms with Gasteiger partial charge in [0, 0.05) is 30.1 Å². The highest BCUT2D eigenvalue weighted by Crippen LogP contribution is 2.36. The second kappa shape index (κ2) is 12.0. The first-order valence-electron chi connectivity index (χ1n) is 11.2. The summed E-state index contributed by atoms with van der Waals surface area (Å²) in [5.41, 5.74) is 0. The zero-order chi connectivity index (χ0) is 20.5. The average molecular weight is 451 g/mol. The molecule has 0 bridgehead atoms. The smallest absolute Gasteiger partial charge is 0.0535 e. The number of rotatable bonds is 15. The van der Waals surface area contributed by atoms with Crippen molar-refractivity contribution in [2.24, 2.45) is 0 Å². The van der Waals surface area contributed by atoms with Gasteiger partial charge < -0.3 is 0 Å². The van der Waals surface area contributed by atoms with Crippen LogP contribution >= 0.6 is 11.6 Å². The third kappa shape index (κ3) is 16.1. The molecule has 0 aliphatic carbocycles. The summed E-state index contributed by atoms with van der Waals surface area (Å²) in [6, 6.07) is 10.9. The third-order valence-electron chi connectivity index (χ3n) is 5.74. The van der Waals surface area contributed by atoms with Crippen molar-refractivity contribution in [3.05, 3.63) is 0 Å². The van der Waals surface area contributed by atoms with Crippen LogP contribution < -0.4 is 0 Å². The molecule has 26 heavy (non-hydrogen) atoms. The van der Waals surface area contributed by atoms with Crippen molar-refractivity contribution in [3.63, 3.8) is 0 Å². The molecule has 0 radical (unpaired) electrons. The number of halogens is 1. The van der Waals surface area contributed by atoms with Crippen LogP contribution in [-0.4, -0.2) is 38.2 Å². The molecule has 0 aliphatic heterocycles. The molecule has 0 unspecified atom stereocenters. The van der Waals surface area contributed by atoms with E-state index in [4.69, 9.17) is 11.6 Å². The minimum Gasteiger partial charge on any atom is -0.127 e. The number of hydrogen-bond acceptors (Lipinski definition) is 0. The molecule has 0 aromatic rings. The monoisotopic (exact) mass is 450 g/mol. The summed E-state index contributed by atoms with van der Waals surface area (Å²) in [7, 11) is -3.84. The van der Waals surface area contributed by atoms with Gasteiger partial charge in [-0.25, -0.2) is 0 Å². The molecule has 0 atom stereocenters. The van der Waals surface area contributed by atoms with Crippen LogP contribution in [0.1, 0.15) is 25.7 Å². The van der Waals surface area contributed by atoms with E-state index in [1.54, 1.807) is 18.1 Å². The van der Waals surface area contributed by atoms with Gasteiger partial charge in [0.15, 0.2) is 0 Å². The molecule has 0 saturated heterocycles. The first-order valence-corrected chi connectivity index (χ1v) is 25.7. The van der Waals surface area contributed by atoms with Crippen LogP contribution in [0.3, 0.4) is 0 Å². The molecule has 0 spiro atoms. The lowest BCUT2D eigenvalue weighted by Crippen LogP contribution is -2.36. The first kappa shape index (κ1) is 27.2. The Morgan fingerprint density at radius 2 is 0.692 bits per heavy atom. The van der Waals surface area contributed by atoms with Gasteiger partial charge in [0.05, 0.1) is 8.07 Å². The molecule has 0 aromatic carbocycles. The van der Waals surface area contributed by atoms with E-state index < -0.39 is 32.3 Å². The quantitative estimate of drug-likeness (QED) is 0.172. The van der Waals surface area contributed by atoms with Gasteiger partial charge in [-0.05, 0) is 6.42 Å². The molecule has 0 saturated carbocycles. The maximum Gasteiger partial charge on any atom is 0.0535 e. The van der Waals surface area contributed by atoms with E-state index in [0.29, 0.717) is 0 Å². The number of hydrogen-bond donors (Lipinski definition) is 0. The minimum absolute atomic E-state index is 0.880. The molecule has 158 valence electrons. The average Bonchev–Trinajstić information content (AvgIpc) is 2.40. The highest BCUT2D eigenvalue weighted by molar-refractivity contribution is 6.81. The van der Waals surface area contributed by atoms with Crippen molar-refractivity contribution in [2.45, 2.75) is 127 Å². The Morgan fingerprint density at radius 1 is 0.423 bits per heavy atom. The Bertz CT molecular complexity index is 313. The molecule has 0 heterocycles. The van der Waals surface area contributed by atoms with E-state index in [2.05, 4.69) is 58.9 Å². The Kier molecular flexibility index (Phi) is 12.5. The van der Waals surface area contributed by atoms with Crippen molar-refractivity contribution < 1.29 is 0 Å². The summed E-state index contributed by atoms with van der Waals surface area (Å²) in [6.07, 6.45) is 5.83. The Morgan fingerprint density at radius 3 is 0.923 bits per heavy atom. The second-order valence-electron chi connectivity index (χ2n) is 12.5.